The minimum absolute atomic E-state index is 0.124. The summed E-state index contributed by atoms with van der Waals surface area (Å²) < 4.78 is 0. The van der Waals surface area contributed by atoms with E-state index in [1.54, 1.807) is 17.0 Å². The number of carbonyl (C=O) groups excluding carboxylic acids is 2. The average molecular weight is 426 g/mol. The topological polar surface area (TPSA) is 53.0 Å². The first kappa shape index (κ1) is 19.7. The number of rotatable bonds is 4. The fourth-order valence-corrected chi connectivity index (χ4v) is 4.52. The van der Waals surface area contributed by atoms with Gasteiger partial charge in [0.15, 0.2) is 5.17 Å². The zero-order valence-electron chi connectivity index (χ0n) is 16.2. The molecule has 0 atom stereocenters. The molecule has 2 aliphatic heterocycles. The number of benzene rings is 2. The zero-order chi connectivity index (χ0) is 20.5. The maximum absolute atomic E-state index is 13.2. The molecule has 2 amide bonds. The smallest absolute Gasteiger partial charge is 0.287 e. The number of carbonyl (C=O) groups is 2. The van der Waals surface area contributed by atoms with Gasteiger partial charge in [0.05, 0.1) is 16.2 Å². The van der Waals surface area contributed by atoms with Gasteiger partial charge in [-0.1, -0.05) is 43.1 Å². The second kappa shape index (κ2) is 8.05. The van der Waals surface area contributed by atoms with Gasteiger partial charge in [-0.3, -0.25) is 9.59 Å². The molecular weight excluding hydrogens is 406 g/mol. The van der Waals surface area contributed by atoms with Crippen LogP contribution in [-0.2, 0) is 9.59 Å². The van der Waals surface area contributed by atoms with E-state index in [2.05, 4.69) is 11.9 Å². The van der Waals surface area contributed by atoms with E-state index < -0.39 is 0 Å². The first-order chi connectivity index (χ1) is 14.0. The number of aliphatic imine (C=N–C) groups is 1. The van der Waals surface area contributed by atoms with Gasteiger partial charge in [-0.2, -0.15) is 4.99 Å². The lowest BCUT2D eigenvalue weighted by molar-refractivity contribution is -0.115. The number of halogens is 1. The monoisotopic (exact) mass is 425 g/mol. The Hall–Kier alpha value is -2.57. The largest absolute Gasteiger partial charge is 0.324 e. The fraction of sp³-hybridized carbons (Fsp3) is 0.227. The summed E-state index contributed by atoms with van der Waals surface area (Å²) in [6.45, 7) is 2.73. The number of nitrogens with zero attached hydrogens (tertiary/aromatic N) is 3. The van der Waals surface area contributed by atoms with E-state index in [0.717, 1.165) is 29.8 Å². The summed E-state index contributed by atoms with van der Waals surface area (Å²) in [5.74, 6) is -0.498. The van der Waals surface area contributed by atoms with Crippen molar-refractivity contribution in [1.29, 1.82) is 0 Å². The van der Waals surface area contributed by atoms with Crippen LogP contribution in [0.1, 0.15) is 25.3 Å². The van der Waals surface area contributed by atoms with E-state index in [1.807, 2.05) is 48.3 Å². The van der Waals surface area contributed by atoms with E-state index >= 15 is 0 Å². The summed E-state index contributed by atoms with van der Waals surface area (Å²) in [4.78, 5) is 34.2. The molecule has 2 aliphatic rings. The molecule has 29 heavy (non-hydrogen) atoms. The summed E-state index contributed by atoms with van der Waals surface area (Å²) in [7, 11) is 1.84. The van der Waals surface area contributed by atoms with Crippen molar-refractivity contribution in [2.45, 2.75) is 19.8 Å². The molecule has 0 saturated heterocycles. The van der Waals surface area contributed by atoms with E-state index in [4.69, 9.17) is 11.6 Å². The van der Waals surface area contributed by atoms with Crippen LogP contribution < -0.4 is 9.80 Å². The van der Waals surface area contributed by atoms with Gasteiger partial charge in [0.2, 0.25) is 0 Å². The predicted octanol–water partition coefficient (Wildman–Crippen LogP) is 4.96. The number of hydrogen-bond acceptors (Lipinski definition) is 4. The van der Waals surface area contributed by atoms with Gasteiger partial charge in [0.1, 0.15) is 0 Å². The Kier molecular flexibility index (Phi) is 5.48. The molecule has 0 fully saturated rings. The first-order valence-corrected chi connectivity index (χ1v) is 10.7. The molecule has 0 unspecified atom stereocenters. The molecule has 148 valence electrons. The van der Waals surface area contributed by atoms with Crippen molar-refractivity contribution in [2.24, 2.45) is 4.99 Å². The minimum atomic E-state index is -0.374. The Labute approximate surface area is 179 Å². The molecule has 0 spiro atoms. The third kappa shape index (κ3) is 3.58. The highest BCUT2D eigenvalue weighted by Gasteiger charge is 2.39. The molecule has 5 nitrogen and oxygen atoms in total. The number of anilines is 2. The Morgan fingerprint density at radius 2 is 1.83 bits per heavy atom. The highest BCUT2D eigenvalue weighted by atomic mass is 35.5. The third-order valence-corrected chi connectivity index (χ3v) is 6.35. The summed E-state index contributed by atoms with van der Waals surface area (Å²) in [6, 6.07) is 14.9. The van der Waals surface area contributed by atoms with E-state index in [0.29, 0.717) is 27.2 Å². The van der Waals surface area contributed by atoms with Crippen molar-refractivity contribution in [3.05, 3.63) is 64.0 Å². The maximum Gasteiger partial charge on any atom is 0.287 e. The van der Waals surface area contributed by atoms with Gasteiger partial charge in [-0.25, -0.2) is 0 Å². The first-order valence-electron chi connectivity index (χ1n) is 9.47. The van der Waals surface area contributed by atoms with Crippen LogP contribution >= 0.6 is 23.4 Å². The number of fused-ring (bicyclic) bond motifs is 1. The van der Waals surface area contributed by atoms with Crippen LogP contribution in [0.2, 0.25) is 5.02 Å². The van der Waals surface area contributed by atoms with Crippen LogP contribution in [-0.4, -0.2) is 30.6 Å². The van der Waals surface area contributed by atoms with Crippen molar-refractivity contribution < 1.29 is 9.59 Å². The number of amidine groups is 1. The Balaban J connectivity index is 1.68. The molecule has 2 aromatic carbocycles. The second-order valence-corrected chi connectivity index (χ2v) is 8.28. The summed E-state index contributed by atoms with van der Waals surface area (Å²) >= 11 is 7.21. The Bertz CT molecular complexity index is 1050. The summed E-state index contributed by atoms with van der Waals surface area (Å²) in [5, 5.41) is 1.18. The number of amides is 2. The van der Waals surface area contributed by atoms with Gasteiger partial charge in [-0.15, -0.1) is 0 Å². The van der Waals surface area contributed by atoms with Gasteiger partial charge in [0.25, 0.3) is 11.8 Å². The maximum atomic E-state index is 13.2. The van der Waals surface area contributed by atoms with Gasteiger partial charge in [-0.05, 0) is 48.5 Å². The van der Waals surface area contributed by atoms with Crippen molar-refractivity contribution in [1.82, 2.24) is 0 Å². The van der Waals surface area contributed by atoms with Gasteiger partial charge in [0, 0.05) is 29.9 Å². The van der Waals surface area contributed by atoms with Crippen molar-refractivity contribution in [3.8, 4) is 0 Å². The molecule has 7 heteroatoms. The van der Waals surface area contributed by atoms with Gasteiger partial charge >= 0.3 is 0 Å². The molecule has 0 bridgehead atoms. The molecule has 2 aromatic rings. The lowest BCUT2D eigenvalue weighted by Gasteiger charge is -2.18. The highest BCUT2D eigenvalue weighted by Crippen LogP contribution is 2.44. The predicted molar refractivity (Wildman–Crippen MR) is 121 cm³/mol. The third-order valence-electron chi connectivity index (χ3n) is 4.97. The number of para-hydroxylation sites is 1. The van der Waals surface area contributed by atoms with Crippen LogP contribution in [0.25, 0.3) is 5.57 Å². The summed E-state index contributed by atoms with van der Waals surface area (Å²) in [6.07, 6.45) is 1.90. The van der Waals surface area contributed by atoms with E-state index in [1.165, 1.54) is 11.8 Å². The number of hydrogen-bond donors (Lipinski definition) is 0. The average Bonchev–Trinajstić information content (AvgIpc) is 3.23. The fourth-order valence-electron chi connectivity index (χ4n) is 3.41. The van der Waals surface area contributed by atoms with E-state index in [9.17, 15) is 9.59 Å². The lowest BCUT2D eigenvalue weighted by Crippen LogP contribution is -2.27. The van der Waals surface area contributed by atoms with Crippen LogP contribution in [0.3, 0.4) is 0 Å². The van der Waals surface area contributed by atoms with Crippen LogP contribution in [0.5, 0.6) is 0 Å². The zero-order valence-corrected chi connectivity index (χ0v) is 17.8. The summed E-state index contributed by atoms with van der Waals surface area (Å²) in [5.41, 5.74) is 2.98. The molecule has 0 saturated carbocycles. The van der Waals surface area contributed by atoms with Crippen LogP contribution in [0, 0.1) is 0 Å². The Morgan fingerprint density at radius 1 is 1.10 bits per heavy atom. The molecule has 0 N–H and O–H groups in total. The molecule has 0 aliphatic carbocycles. The molecule has 0 aromatic heterocycles. The number of unbranched alkanes of at least 4 members (excludes halogenated alkanes) is 1. The standard InChI is InChI=1S/C22H20ClN3O2S/c1-3-4-13-26-17-8-6-5-7-16(17)18(21(26)28)19-20(27)24-22(29-19)25(2)15-11-9-14(23)10-12-15/h5-12H,3-4,13H2,1-2H3/b19-18-. The lowest BCUT2D eigenvalue weighted by atomic mass is 10.1. The number of thioether (sulfide) groups is 1. The van der Waals surface area contributed by atoms with Crippen molar-refractivity contribution >= 4 is 57.3 Å². The molecular formula is C22H20ClN3O2S. The second-order valence-electron chi connectivity index (χ2n) is 6.87. The van der Waals surface area contributed by atoms with Crippen LogP contribution in [0.4, 0.5) is 11.4 Å². The van der Waals surface area contributed by atoms with Gasteiger partial charge < -0.3 is 9.80 Å². The SMILES string of the molecule is CCCCN1C(=O)/C(=C2\SC(N(C)c3ccc(Cl)cc3)=NC2=O)c2ccccc21. The minimum Gasteiger partial charge on any atom is -0.324 e. The van der Waals surface area contributed by atoms with Crippen molar-refractivity contribution in [2.75, 3.05) is 23.4 Å². The molecule has 2 heterocycles. The molecule has 0 radical (unpaired) electrons. The van der Waals surface area contributed by atoms with E-state index in [-0.39, 0.29) is 11.8 Å². The molecule has 4 rings (SSSR count). The Morgan fingerprint density at radius 3 is 2.55 bits per heavy atom. The van der Waals surface area contributed by atoms with Crippen molar-refractivity contribution in [3.63, 3.8) is 0 Å². The quantitative estimate of drug-likeness (QED) is 0.649. The highest BCUT2D eigenvalue weighted by molar-refractivity contribution is 8.19. The normalized spacial score (nSPS) is 18.3. The van der Waals surface area contributed by atoms with Crippen LogP contribution in [0.15, 0.2) is 58.4 Å².